The van der Waals surface area contributed by atoms with Crippen molar-refractivity contribution in [1.82, 2.24) is 14.9 Å². The summed E-state index contributed by atoms with van der Waals surface area (Å²) < 4.78 is 13.1. The lowest BCUT2D eigenvalue weighted by Crippen LogP contribution is -2.34. The standard InChI is InChI=1S/C20H29N3O4S/c24-18(21-11-14-5-3-9-26-14)13-28-19-16-7-1-2-8-17(16)23(20(25)22-19)12-15-6-4-10-27-15/h14-15H,1-13H2,(H,21,24). The van der Waals surface area contributed by atoms with Crippen LogP contribution < -0.4 is 11.0 Å². The van der Waals surface area contributed by atoms with Gasteiger partial charge in [0.05, 0.1) is 24.5 Å². The summed E-state index contributed by atoms with van der Waals surface area (Å²) in [5, 5.41) is 3.67. The maximum Gasteiger partial charge on any atom is 0.348 e. The van der Waals surface area contributed by atoms with Gasteiger partial charge in [0.15, 0.2) is 0 Å². The lowest BCUT2D eigenvalue weighted by molar-refractivity contribution is -0.119. The number of amides is 1. The highest BCUT2D eigenvalue weighted by atomic mass is 32.2. The minimum absolute atomic E-state index is 0.0320. The van der Waals surface area contributed by atoms with Crippen molar-refractivity contribution in [3.8, 4) is 0 Å². The monoisotopic (exact) mass is 407 g/mol. The molecule has 1 aromatic rings. The van der Waals surface area contributed by atoms with Crippen molar-refractivity contribution in [2.24, 2.45) is 0 Å². The van der Waals surface area contributed by atoms with Crippen LogP contribution in [0.3, 0.4) is 0 Å². The number of carbonyl (C=O) groups is 1. The van der Waals surface area contributed by atoms with Crippen LogP contribution in [0, 0.1) is 0 Å². The summed E-state index contributed by atoms with van der Waals surface area (Å²) in [6.07, 6.45) is 8.41. The number of nitrogens with one attached hydrogen (secondary N) is 1. The van der Waals surface area contributed by atoms with Gasteiger partial charge >= 0.3 is 5.69 Å². The van der Waals surface area contributed by atoms with E-state index in [4.69, 9.17) is 9.47 Å². The highest BCUT2D eigenvalue weighted by Gasteiger charge is 2.24. The van der Waals surface area contributed by atoms with Gasteiger partial charge in [-0.2, -0.15) is 4.98 Å². The number of carbonyl (C=O) groups excluding carboxylic acids is 1. The fraction of sp³-hybridized carbons (Fsp3) is 0.750. The minimum Gasteiger partial charge on any atom is -0.376 e. The quantitative estimate of drug-likeness (QED) is 0.547. The van der Waals surface area contributed by atoms with E-state index in [0.29, 0.717) is 13.1 Å². The molecule has 7 nitrogen and oxygen atoms in total. The van der Waals surface area contributed by atoms with Crippen LogP contribution >= 0.6 is 11.8 Å². The Kier molecular flexibility index (Phi) is 6.69. The Hall–Kier alpha value is -1.38. The van der Waals surface area contributed by atoms with Gasteiger partial charge in [0.25, 0.3) is 0 Å². The Bertz CT molecular complexity index is 755. The minimum atomic E-state index is -0.210. The van der Waals surface area contributed by atoms with Crippen LogP contribution in [0.15, 0.2) is 9.82 Å². The van der Waals surface area contributed by atoms with Crippen molar-refractivity contribution < 1.29 is 14.3 Å². The zero-order valence-corrected chi connectivity index (χ0v) is 17.1. The molecule has 0 aromatic carbocycles. The van der Waals surface area contributed by atoms with Gasteiger partial charge in [0, 0.05) is 31.0 Å². The van der Waals surface area contributed by atoms with Crippen molar-refractivity contribution >= 4 is 17.7 Å². The molecule has 2 atom stereocenters. The van der Waals surface area contributed by atoms with Crippen LogP contribution in [0.1, 0.15) is 49.8 Å². The van der Waals surface area contributed by atoms with Gasteiger partial charge in [0.2, 0.25) is 5.91 Å². The predicted octanol–water partition coefficient (Wildman–Crippen LogP) is 1.69. The van der Waals surface area contributed by atoms with Crippen molar-refractivity contribution in [2.75, 3.05) is 25.5 Å². The average molecular weight is 408 g/mol. The lowest BCUT2D eigenvalue weighted by Gasteiger charge is -2.24. The topological polar surface area (TPSA) is 82.5 Å². The Labute approximate surface area is 169 Å². The first-order valence-corrected chi connectivity index (χ1v) is 11.4. The first-order chi connectivity index (χ1) is 13.7. The molecule has 0 spiro atoms. The molecule has 1 aliphatic carbocycles. The van der Waals surface area contributed by atoms with E-state index in [-0.39, 0.29) is 29.6 Å². The van der Waals surface area contributed by atoms with E-state index >= 15 is 0 Å². The van der Waals surface area contributed by atoms with Crippen molar-refractivity contribution in [2.45, 2.75) is 75.1 Å². The molecule has 28 heavy (non-hydrogen) atoms. The Morgan fingerprint density at radius 3 is 2.61 bits per heavy atom. The molecule has 2 saturated heterocycles. The molecule has 154 valence electrons. The number of ether oxygens (including phenoxy) is 2. The number of hydrogen-bond acceptors (Lipinski definition) is 6. The van der Waals surface area contributed by atoms with Gasteiger partial charge in [-0.15, -0.1) is 0 Å². The highest BCUT2D eigenvalue weighted by Crippen LogP contribution is 2.29. The zero-order chi connectivity index (χ0) is 19.3. The number of thioether (sulfide) groups is 1. The second-order valence-corrected chi connectivity index (χ2v) is 8.77. The lowest BCUT2D eigenvalue weighted by atomic mass is 9.97. The number of hydrogen-bond donors (Lipinski definition) is 1. The molecule has 2 aliphatic heterocycles. The van der Waals surface area contributed by atoms with Crippen LogP contribution in [0.4, 0.5) is 0 Å². The Morgan fingerprint density at radius 2 is 1.86 bits per heavy atom. The van der Waals surface area contributed by atoms with Crippen molar-refractivity contribution in [3.63, 3.8) is 0 Å². The smallest absolute Gasteiger partial charge is 0.348 e. The number of nitrogens with zero attached hydrogens (tertiary/aromatic N) is 2. The number of rotatable bonds is 7. The molecule has 8 heteroatoms. The largest absolute Gasteiger partial charge is 0.376 e. The van der Waals surface area contributed by atoms with Crippen LogP contribution in [0.25, 0.3) is 0 Å². The molecule has 1 aromatic heterocycles. The summed E-state index contributed by atoms with van der Waals surface area (Å²) in [4.78, 5) is 29.3. The van der Waals surface area contributed by atoms with E-state index in [2.05, 4.69) is 10.3 Å². The summed E-state index contributed by atoms with van der Waals surface area (Å²) in [6.45, 7) is 2.73. The van der Waals surface area contributed by atoms with Gasteiger partial charge in [-0.1, -0.05) is 11.8 Å². The van der Waals surface area contributed by atoms with Crippen LogP contribution in [0.2, 0.25) is 0 Å². The molecule has 3 aliphatic rings. The fourth-order valence-electron chi connectivity index (χ4n) is 4.27. The van der Waals surface area contributed by atoms with Crippen LogP contribution in [0.5, 0.6) is 0 Å². The summed E-state index contributed by atoms with van der Waals surface area (Å²) in [7, 11) is 0. The van der Waals surface area contributed by atoms with E-state index in [1.807, 2.05) is 4.57 Å². The molecular weight excluding hydrogens is 378 g/mol. The maximum atomic E-state index is 12.7. The number of aromatic nitrogens is 2. The van der Waals surface area contributed by atoms with E-state index in [1.165, 1.54) is 11.8 Å². The van der Waals surface area contributed by atoms with Gasteiger partial charge in [-0.05, 0) is 51.4 Å². The Morgan fingerprint density at radius 1 is 1.11 bits per heavy atom. The molecule has 1 amide bonds. The summed E-state index contributed by atoms with van der Waals surface area (Å²) in [5.74, 6) is 0.247. The first kappa shape index (κ1) is 19.9. The number of fused-ring (bicyclic) bond motifs is 1. The third-order valence-corrected chi connectivity index (χ3v) is 6.77. The molecule has 3 heterocycles. The second-order valence-electron chi connectivity index (χ2n) is 7.81. The fourth-order valence-corrected chi connectivity index (χ4v) is 5.17. The van der Waals surface area contributed by atoms with Gasteiger partial charge in [0.1, 0.15) is 5.03 Å². The molecular formula is C20H29N3O4S. The van der Waals surface area contributed by atoms with Crippen LogP contribution in [-0.4, -0.2) is 53.2 Å². The molecule has 0 saturated carbocycles. The highest BCUT2D eigenvalue weighted by molar-refractivity contribution is 7.99. The summed E-state index contributed by atoms with van der Waals surface area (Å²) in [5.41, 5.74) is 2.04. The third kappa shape index (κ3) is 4.78. The van der Waals surface area contributed by atoms with Crippen molar-refractivity contribution in [1.29, 1.82) is 0 Å². The molecule has 0 bridgehead atoms. The zero-order valence-electron chi connectivity index (χ0n) is 16.3. The van der Waals surface area contributed by atoms with Crippen LogP contribution in [-0.2, 0) is 33.7 Å². The molecule has 0 radical (unpaired) electrons. The molecule has 2 fully saturated rings. The molecule has 2 unspecified atom stereocenters. The van der Waals surface area contributed by atoms with Crippen molar-refractivity contribution in [3.05, 3.63) is 21.7 Å². The summed E-state index contributed by atoms with van der Waals surface area (Å²) >= 11 is 1.38. The normalized spacial score (nSPS) is 24.3. The molecule has 1 N–H and O–H groups in total. The SMILES string of the molecule is O=C(CSc1nc(=O)n(CC2CCCO2)c2c1CCCC2)NCC1CCCO1. The predicted molar refractivity (Wildman–Crippen MR) is 107 cm³/mol. The van der Waals surface area contributed by atoms with Gasteiger partial charge < -0.3 is 14.8 Å². The van der Waals surface area contributed by atoms with E-state index in [9.17, 15) is 9.59 Å². The molecule has 4 rings (SSSR count). The maximum absolute atomic E-state index is 12.7. The van der Waals surface area contributed by atoms with Gasteiger partial charge in [-0.25, -0.2) is 4.79 Å². The average Bonchev–Trinajstić information content (AvgIpc) is 3.41. The second kappa shape index (κ2) is 9.41. The third-order valence-electron chi connectivity index (χ3n) is 5.75. The van der Waals surface area contributed by atoms with E-state index < -0.39 is 0 Å². The van der Waals surface area contributed by atoms with E-state index in [0.717, 1.165) is 80.9 Å². The van der Waals surface area contributed by atoms with Gasteiger partial charge in [-0.3, -0.25) is 9.36 Å². The summed E-state index contributed by atoms with van der Waals surface area (Å²) in [6, 6.07) is 0. The van der Waals surface area contributed by atoms with E-state index in [1.54, 1.807) is 0 Å². The Balaban J connectivity index is 1.42. The first-order valence-electron chi connectivity index (χ1n) is 10.5.